The molecule has 2 aliphatic rings. The number of rotatable bonds is 2. The van der Waals surface area contributed by atoms with Gasteiger partial charge in [0.1, 0.15) is 12.1 Å². The van der Waals surface area contributed by atoms with Crippen molar-refractivity contribution in [3.63, 3.8) is 0 Å². The second-order valence-electron chi connectivity index (χ2n) is 4.91. The van der Waals surface area contributed by atoms with Gasteiger partial charge in [-0.3, -0.25) is 14.5 Å². The molecular formula is C14H14N2O2S. The number of amides is 2. The molecule has 2 unspecified atom stereocenters. The van der Waals surface area contributed by atoms with E-state index in [0.717, 1.165) is 5.56 Å². The molecule has 98 valence electrons. The lowest BCUT2D eigenvalue weighted by Crippen LogP contribution is -2.62. The van der Waals surface area contributed by atoms with Crippen LogP contribution in [0.1, 0.15) is 18.4 Å². The summed E-state index contributed by atoms with van der Waals surface area (Å²) >= 11 is 5.19. The molecular weight excluding hydrogens is 260 g/mol. The average molecular weight is 274 g/mol. The predicted octanol–water partition coefficient (Wildman–Crippen LogP) is 1.05. The van der Waals surface area contributed by atoms with Crippen molar-refractivity contribution in [1.29, 1.82) is 0 Å². The van der Waals surface area contributed by atoms with Crippen LogP contribution >= 0.6 is 12.2 Å². The molecule has 0 aromatic heterocycles. The van der Waals surface area contributed by atoms with Gasteiger partial charge in [0.2, 0.25) is 5.91 Å². The lowest BCUT2D eigenvalue weighted by Gasteiger charge is -2.34. The van der Waals surface area contributed by atoms with Crippen molar-refractivity contribution in [2.45, 2.75) is 31.3 Å². The zero-order valence-corrected chi connectivity index (χ0v) is 11.2. The quantitative estimate of drug-likeness (QED) is 0.820. The summed E-state index contributed by atoms with van der Waals surface area (Å²) in [6.07, 6.45) is 1.81. The predicted molar refractivity (Wildman–Crippen MR) is 74.5 cm³/mol. The van der Waals surface area contributed by atoms with Crippen LogP contribution < -0.4 is 5.32 Å². The monoisotopic (exact) mass is 274 g/mol. The van der Waals surface area contributed by atoms with Gasteiger partial charge in [-0.05, 0) is 12.0 Å². The molecule has 2 saturated heterocycles. The Kier molecular flexibility index (Phi) is 3.06. The lowest BCUT2D eigenvalue weighted by molar-refractivity contribution is -0.143. The number of thiocarbonyl (C=S) groups is 1. The molecule has 0 spiro atoms. The number of hydrogen-bond donors (Lipinski definition) is 1. The first-order chi connectivity index (χ1) is 9.16. The molecule has 1 aromatic rings. The van der Waals surface area contributed by atoms with Gasteiger partial charge in [0, 0.05) is 12.8 Å². The number of carbonyl (C=O) groups is 2. The number of nitrogens with one attached hydrogen (secondary N) is 1. The highest BCUT2D eigenvalue weighted by molar-refractivity contribution is 7.80. The topological polar surface area (TPSA) is 49.4 Å². The summed E-state index contributed by atoms with van der Waals surface area (Å²) in [6.45, 7) is 0. The molecule has 2 aliphatic heterocycles. The molecule has 0 saturated carbocycles. The maximum atomic E-state index is 12.4. The fourth-order valence-electron chi connectivity index (χ4n) is 2.69. The maximum absolute atomic E-state index is 12.4. The minimum Gasteiger partial charge on any atom is -0.342 e. The summed E-state index contributed by atoms with van der Waals surface area (Å²) in [5.41, 5.74) is 1.03. The van der Waals surface area contributed by atoms with Gasteiger partial charge in [-0.15, -0.1) is 0 Å². The number of fused-ring (bicyclic) bond motifs is 1. The van der Waals surface area contributed by atoms with Crippen LogP contribution in [-0.4, -0.2) is 33.8 Å². The number of nitrogens with zero attached hydrogens (tertiary/aromatic N) is 1. The summed E-state index contributed by atoms with van der Waals surface area (Å²) in [5.74, 6) is -0.156. The van der Waals surface area contributed by atoms with Crippen molar-refractivity contribution >= 4 is 29.0 Å². The SMILES string of the molecule is O=C1NC(Cc2ccccc2)C(=O)N2C(=S)CCC12. The molecule has 2 amide bonds. The third kappa shape index (κ3) is 2.14. The first kappa shape index (κ1) is 12.3. The fourth-order valence-corrected chi connectivity index (χ4v) is 3.03. The molecule has 2 fully saturated rings. The van der Waals surface area contributed by atoms with Crippen LogP contribution in [0.2, 0.25) is 0 Å². The maximum Gasteiger partial charge on any atom is 0.251 e. The normalized spacial score (nSPS) is 26.3. The van der Waals surface area contributed by atoms with Gasteiger partial charge < -0.3 is 5.32 Å². The smallest absolute Gasteiger partial charge is 0.251 e. The van der Waals surface area contributed by atoms with Crippen LogP contribution in [0.25, 0.3) is 0 Å². The Hall–Kier alpha value is -1.75. The van der Waals surface area contributed by atoms with E-state index in [1.807, 2.05) is 30.3 Å². The van der Waals surface area contributed by atoms with E-state index in [4.69, 9.17) is 12.2 Å². The molecule has 0 radical (unpaired) electrons. The second kappa shape index (κ2) is 4.74. The second-order valence-corrected chi connectivity index (χ2v) is 5.38. The van der Waals surface area contributed by atoms with Crippen LogP contribution in [0.3, 0.4) is 0 Å². The van der Waals surface area contributed by atoms with Crippen LogP contribution in [0.15, 0.2) is 30.3 Å². The summed E-state index contributed by atoms with van der Waals surface area (Å²) < 4.78 is 0. The van der Waals surface area contributed by atoms with Crippen LogP contribution in [0, 0.1) is 0 Å². The zero-order chi connectivity index (χ0) is 13.4. The van der Waals surface area contributed by atoms with Gasteiger partial charge in [0.05, 0.1) is 4.99 Å². The summed E-state index contributed by atoms with van der Waals surface area (Å²) in [4.78, 5) is 26.5. The molecule has 2 atom stereocenters. The van der Waals surface area contributed by atoms with Crippen molar-refractivity contribution in [3.8, 4) is 0 Å². The number of piperazine rings is 1. The van der Waals surface area contributed by atoms with Crippen molar-refractivity contribution in [1.82, 2.24) is 10.2 Å². The van der Waals surface area contributed by atoms with Crippen LogP contribution in [0.5, 0.6) is 0 Å². The van der Waals surface area contributed by atoms with Gasteiger partial charge in [-0.1, -0.05) is 42.5 Å². The highest BCUT2D eigenvalue weighted by Gasteiger charge is 2.45. The van der Waals surface area contributed by atoms with Gasteiger partial charge >= 0.3 is 0 Å². The average Bonchev–Trinajstić information content (AvgIpc) is 2.80. The van der Waals surface area contributed by atoms with Crippen molar-refractivity contribution in [2.24, 2.45) is 0 Å². The van der Waals surface area contributed by atoms with E-state index < -0.39 is 6.04 Å². The van der Waals surface area contributed by atoms with E-state index in [2.05, 4.69) is 5.32 Å². The van der Waals surface area contributed by atoms with Gasteiger partial charge in [0.25, 0.3) is 5.91 Å². The molecule has 2 heterocycles. The van der Waals surface area contributed by atoms with E-state index in [1.165, 1.54) is 4.90 Å². The molecule has 19 heavy (non-hydrogen) atoms. The first-order valence-corrected chi connectivity index (χ1v) is 6.78. The zero-order valence-electron chi connectivity index (χ0n) is 10.3. The van der Waals surface area contributed by atoms with E-state index in [-0.39, 0.29) is 17.9 Å². The van der Waals surface area contributed by atoms with Gasteiger partial charge in [-0.2, -0.15) is 0 Å². The minimum atomic E-state index is -0.498. The molecule has 1 aromatic carbocycles. The van der Waals surface area contributed by atoms with E-state index in [0.29, 0.717) is 24.3 Å². The Balaban J connectivity index is 1.82. The van der Waals surface area contributed by atoms with E-state index >= 15 is 0 Å². The number of hydrogen-bond acceptors (Lipinski definition) is 3. The molecule has 4 nitrogen and oxygen atoms in total. The standard InChI is InChI=1S/C14H14N2O2S/c17-13-11-6-7-12(19)16(11)14(18)10(15-13)8-9-4-2-1-3-5-9/h1-5,10-11H,6-8H2,(H,15,17). The molecule has 0 aliphatic carbocycles. The van der Waals surface area contributed by atoms with Crippen molar-refractivity contribution in [3.05, 3.63) is 35.9 Å². The Bertz CT molecular complexity index is 544. The van der Waals surface area contributed by atoms with E-state index in [1.54, 1.807) is 0 Å². The van der Waals surface area contributed by atoms with Gasteiger partial charge in [-0.25, -0.2) is 0 Å². The van der Waals surface area contributed by atoms with Crippen LogP contribution in [-0.2, 0) is 16.0 Å². The minimum absolute atomic E-state index is 0.0732. The van der Waals surface area contributed by atoms with Crippen LogP contribution in [0.4, 0.5) is 0 Å². The summed E-state index contributed by atoms with van der Waals surface area (Å²) in [5, 5.41) is 2.82. The highest BCUT2D eigenvalue weighted by Crippen LogP contribution is 2.25. The Morgan fingerprint density at radius 1 is 1.26 bits per heavy atom. The largest absolute Gasteiger partial charge is 0.342 e. The van der Waals surface area contributed by atoms with Crippen molar-refractivity contribution < 1.29 is 9.59 Å². The number of benzene rings is 1. The lowest BCUT2D eigenvalue weighted by atomic mass is 10.0. The molecule has 3 rings (SSSR count). The first-order valence-electron chi connectivity index (χ1n) is 6.37. The summed E-state index contributed by atoms with van der Waals surface area (Å²) in [7, 11) is 0. The fraction of sp³-hybridized carbons (Fsp3) is 0.357. The Morgan fingerprint density at radius 3 is 2.74 bits per heavy atom. The highest BCUT2D eigenvalue weighted by atomic mass is 32.1. The van der Waals surface area contributed by atoms with E-state index in [9.17, 15) is 9.59 Å². The third-order valence-corrected chi connectivity index (χ3v) is 4.05. The Labute approximate surface area is 116 Å². The molecule has 1 N–H and O–H groups in total. The number of carbonyl (C=O) groups excluding carboxylic acids is 2. The van der Waals surface area contributed by atoms with Gasteiger partial charge in [0.15, 0.2) is 0 Å². The Morgan fingerprint density at radius 2 is 2.00 bits per heavy atom. The third-order valence-electron chi connectivity index (χ3n) is 3.65. The molecule has 0 bridgehead atoms. The van der Waals surface area contributed by atoms with Crippen molar-refractivity contribution in [2.75, 3.05) is 0 Å². The molecule has 5 heteroatoms. The summed E-state index contributed by atoms with van der Waals surface area (Å²) in [6, 6.07) is 8.80.